The second kappa shape index (κ2) is 8.42. The summed E-state index contributed by atoms with van der Waals surface area (Å²) in [4.78, 5) is 12.0. The van der Waals surface area contributed by atoms with E-state index in [1.165, 1.54) is 6.08 Å². The third-order valence-electron chi connectivity index (χ3n) is 3.07. The van der Waals surface area contributed by atoms with Crippen molar-refractivity contribution in [1.29, 1.82) is 0 Å². The van der Waals surface area contributed by atoms with E-state index in [2.05, 4.69) is 21.2 Å². The van der Waals surface area contributed by atoms with Crippen LogP contribution in [0.15, 0.2) is 40.9 Å². The van der Waals surface area contributed by atoms with E-state index in [9.17, 15) is 4.79 Å². The lowest BCUT2D eigenvalue weighted by molar-refractivity contribution is -0.111. The Morgan fingerprint density at radius 1 is 1.17 bits per heavy atom. The van der Waals surface area contributed by atoms with Gasteiger partial charge in [0.25, 0.3) is 0 Å². The lowest BCUT2D eigenvalue weighted by atomic mass is 10.2. The lowest BCUT2D eigenvalue weighted by Crippen LogP contribution is -2.08. The number of halogens is 3. The molecule has 1 N–H and O–H groups in total. The van der Waals surface area contributed by atoms with Crippen LogP contribution in [0.25, 0.3) is 6.08 Å². The fourth-order valence-corrected chi connectivity index (χ4v) is 3.05. The Labute approximate surface area is 158 Å². The van der Waals surface area contributed by atoms with E-state index >= 15 is 0 Å². The molecule has 0 saturated heterocycles. The summed E-state index contributed by atoms with van der Waals surface area (Å²) in [5.41, 5.74) is 1.26. The zero-order chi connectivity index (χ0) is 17.7. The summed E-state index contributed by atoms with van der Waals surface area (Å²) in [7, 11) is 3.11. The Kier molecular flexibility index (Phi) is 6.54. The highest BCUT2D eigenvalue weighted by atomic mass is 79.9. The average molecular weight is 431 g/mol. The molecule has 126 valence electrons. The molecule has 0 fully saturated rings. The third-order valence-corrected chi connectivity index (χ3v) is 4.21. The number of anilines is 1. The largest absolute Gasteiger partial charge is 0.493 e. The third kappa shape index (κ3) is 4.66. The molecule has 0 unspecified atom stereocenters. The summed E-state index contributed by atoms with van der Waals surface area (Å²) < 4.78 is 11.2. The number of hydrogen-bond donors (Lipinski definition) is 1. The van der Waals surface area contributed by atoms with Gasteiger partial charge in [-0.25, -0.2) is 0 Å². The van der Waals surface area contributed by atoms with Crippen LogP contribution in [0.3, 0.4) is 0 Å². The van der Waals surface area contributed by atoms with Gasteiger partial charge < -0.3 is 14.8 Å². The zero-order valence-corrected chi connectivity index (χ0v) is 16.0. The second-order valence-electron chi connectivity index (χ2n) is 4.68. The highest BCUT2D eigenvalue weighted by molar-refractivity contribution is 9.10. The normalized spacial score (nSPS) is 10.7. The Hall–Kier alpha value is -1.69. The van der Waals surface area contributed by atoms with Gasteiger partial charge in [0.05, 0.1) is 29.4 Å². The highest BCUT2D eigenvalue weighted by Crippen LogP contribution is 2.36. The van der Waals surface area contributed by atoms with Gasteiger partial charge in [-0.05, 0) is 57.9 Å². The summed E-state index contributed by atoms with van der Waals surface area (Å²) in [5.74, 6) is 0.838. The Morgan fingerprint density at radius 2 is 1.92 bits per heavy atom. The van der Waals surface area contributed by atoms with Crippen molar-refractivity contribution in [2.45, 2.75) is 0 Å². The number of methoxy groups -OCH3 is 2. The molecule has 4 nitrogen and oxygen atoms in total. The summed E-state index contributed by atoms with van der Waals surface area (Å²) >= 11 is 15.3. The SMILES string of the molecule is COc1cc(C=CC(=O)Nc2ccc(Cl)cc2Cl)cc(Br)c1OC. The minimum Gasteiger partial charge on any atom is -0.493 e. The molecule has 24 heavy (non-hydrogen) atoms. The van der Waals surface area contributed by atoms with E-state index in [4.69, 9.17) is 32.7 Å². The van der Waals surface area contributed by atoms with Crippen molar-refractivity contribution >= 4 is 56.8 Å². The van der Waals surface area contributed by atoms with Crippen molar-refractivity contribution in [3.05, 3.63) is 56.5 Å². The molecule has 0 heterocycles. The number of amides is 1. The molecule has 7 heteroatoms. The molecule has 0 aliphatic carbocycles. The fraction of sp³-hybridized carbons (Fsp3) is 0.118. The number of hydrogen-bond acceptors (Lipinski definition) is 3. The molecule has 0 atom stereocenters. The molecule has 0 bridgehead atoms. The first-order chi connectivity index (χ1) is 11.4. The van der Waals surface area contributed by atoms with Gasteiger partial charge >= 0.3 is 0 Å². The smallest absolute Gasteiger partial charge is 0.248 e. The van der Waals surface area contributed by atoms with Gasteiger partial charge in [-0.1, -0.05) is 23.2 Å². The Morgan fingerprint density at radius 3 is 2.54 bits per heavy atom. The van der Waals surface area contributed by atoms with Crippen LogP contribution in [-0.2, 0) is 4.79 Å². The quantitative estimate of drug-likeness (QED) is 0.643. The van der Waals surface area contributed by atoms with E-state index in [-0.39, 0.29) is 5.91 Å². The molecule has 0 aliphatic heterocycles. The van der Waals surface area contributed by atoms with Crippen LogP contribution < -0.4 is 14.8 Å². The fourth-order valence-electron chi connectivity index (χ4n) is 1.97. The molecular formula is C17H14BrCl2NO3. The summed E-state index contributed by atoms with van der Waals surface area (Å²) in [6, 6.07) is 8.44. The molecule has 0 saturated carbocycles. The predicted octanol–water partition coefficient (Wildman–Crippen LogP) is 5.43. The molecule has 2 aromatic carbocycles. The monoisotopic (exact) mass is 429 g/mol. The summed E-state index contributed by atoms with van der Waals surface area (Å²) in [6.07, 6.45) is 3.06. The molecule has 0 radical (unpaired) electrons. The first kappa shape index (κ1) is 18.6. The minimum atomic E-state index is -0.315. The van der Waals surface area contributed by atoms with Gasteiger partial charge in [-0.2, -0.15) is 0 Å². The minimum absolute atomic E-state index is 0.315. The number of carbonyl (C=O) groups is 1. The van der Waals surface area contributed by atoms with Crippen LogP contribution in [0.4, 0.5) is 5.69 Å². The van der Waals surface area contributed by atoms with Crippen molar-refractivity contribution in [1.82, 2.24) is 0 Å². The number of carbonyl (C=O) groups excluding carboxylic acids is 1. The van der Waals surface area contributed by atoms with Crippen LogP contribution in [0.5, 0.6) is 11.5 Å². The van der Waals surface area contributed by atoms with E-state index < -0.39 is 0 Å². The lowest BCUT2D eigenvalue weighted by Gasteiger charge is -2.10. The first-order valence-corrected chi connectivity index (χ1v) is 8.35. The van der Waals surface area contributed by atoms with Crippen LogP contribution in [0.1, 0.15) is 5.56 Å². The van der Waals surface area contributed by atoms with E-state index in [1.54, 1.807) is 44.6 Å². The second-order valence-corrected chi connectivity index (χ2v) is 6.38. The van der Waals surface area contributed by atoms with Crippen LogP contribution in [0, 0.1) is 0 Å². The van der Waals surface area contributed by atoms with Gasteiger partial charge in [0, 0.05) is 11.1 Å². The maximum absolute atomic E-state index is 12.0. The van der Waals surface area contributed by atoms with E-state index in [0.717, 1.165) is 10.0 Å². The average Bonchev–Trinajstić information content (AvgIpc) is 2.55. The van der Waals surface area contributed by atoms with Crippen LogP contribution in [-0.4, -0.2) is 20.1 Å². The van der Waals surface area contributed by atoms with E-state index in [0.29, 0.717) is 27.2 Å². The Bertz CT molecular complexity index is 794. The highest BCUT2D eigenvalue weighted by Gasteiger charge is 2.10. The number of rotatable bonds is 5. The molecule has 2 rings (SSSR count). The van der Waals surface area contributed by atoms with Gasteiger partial charge in [0.15, 0.2) is 11.5 Å². The van der Waals surface area contributed by atoms with Gasteiger partial charge in [0.1, 0.15) is 0 Å². The topological polar surface area (TPSA) is 47.6 Å². The van der Waals surface area contributed by atoms with Gasteiger partial charge in [0.2, 0.25) is 5.91 Å². The predicted molar refractivity (Wildman–Crippen MR) is 101 cm³/mol. The van der Waals surface area contributed by atoms with Crippen molar-refractivity contribution in [2.24, 2.45) is 0 Å². The van der Waals surface area contributed by atoms with Crippen molar-refractivity contribution in [2.75, 3.05) is 19.5 Å². The number of nitrogens with one attached hydrogen (secondary N) is 1. The van der Waals surface area contributed by atoms with Gasteiger partial charge in [-0.3, -0.25) is 4.79 Å². The van der Waals surface area contributed by atoms with E-state index in [1.807, 2.05) is 6.07 Å². The maximum Gasteiger partial charge on any atom is 0.248 e. The van der Waals surface area contributed by atoms with Crippen molar-refractivity contribution in [3.63, 3.8) is 0 Å². The molecule has 0 aliphatic rings. The number of ether oxygens (including phenoxy) is 2. The zero-order valence-electron chi connectivity index (χ0n) is 12.9. The molecular weight excluding hydrogens is 417 g/mol. The van der Waals surface area contributed by atoms with Crippen LogP contribution in [0.2, 0.25) is 10.0 Å². The summed E-state index contributed by atoms with van der Waals surface area (Å²) in [6.45, 7) is 0. The van der Waals surface area contributed by atoms with Crippen molar-refractivity contribution in [3.8, 4) is 11.5 Å². The Balaban J connectivity index is 2.15. The number of benzene rings is 2. The van der Waals surface area contributed by atoms with Crippen molar-refractivity contribution < 1.29 is 14.3 Å². The first-order valence-electron chi connectivity index (χ1n) is 6.80. The maximum atomic E-state index is 12.0. The molecule has 2 aromatic rings. The standard InChI is InChI=1S/C17H14BrCl2NO3/c1-23-15-8-10(7-12(18)17(15)24-2)3-6-16(22)21-14-5-4-11(19)9-13(14)20/h3-9H,1-2H3,(H,21,22). The molecule has 0 spiro atoms. The van der Waals surface area contributed by atoms with Crippen LogP contribution >= 0.6 is 39.1 Å². The molecule has 1 amide bonds. The van der Waals surface area contributed by atoms with Gasteiger partial charge in [-0.15, -0.1) is 0 Å². The summed E-state index contributed by atoms with van der Waals surface area (Å²) in [5, 5.41) is 3.57. The molecule has 0 aromatic heterocycles.